The molecule has 0 aliphatic rings. The fraction of sp³-hybridized carbons (Fsp3) is 0.261. The zero-order chi connectivity index (χ0) is 19.1. The number of likely N-dealkylation sites (N-methyl/N-ethyl adjacent to an activating group) is 1. The van der Waals surface area contributed by atoms with E-state index in [1.807, 2.05) is 30.5 Å². The van der Waals surface area contributed by atoms with Gasteiger partial charge < -0.3 is 9.47 Å². The fourth-order valence-electron chi connectivity index (χ4n) is 3.18. The first-order valence-electron chi connectivity index (χ1n) is 9.24. The van der Waals surface area contributed by atoms with Gasteiger partial charge in [-0.15, -0.1) is 0 Å². The van der Waals surface area contributed by atoms with Crippen molar-refractivity contribution in [3.8, 4) is 11.8 Å². The van der Waals surface area contributed by atoms with E-state index in [0.29, 0.717) is 5.56 Å². The van der Waals surface area contributed by atoms with Gasteiger partial charge in [0.25, 0.3) is 0 Å². The molecule has 0 bridgehead atoms. The summed E-state index contributed by atoms with van der Waals surface area (Å²) in [6.45, 7) is 3.71. The molecule has 0 atom stereocenters. The first-order valence-corrected chi connectivity index (χ1v) is 9.24. The molecular weight excluding hydrogens is 332 g/mol. The molecule has 3 rings (SSSR count). The summed E-state index contributed by atoms with van der Waals surface area (Å²) in [5.74, 6) is 0. The smallest absolute Gasteiger partial charge is 0.101 e. The van der Waals surface area contributed by atoms with E-state index in [2.05, 4.69) is 77.0 Å². The molecule has 138 valence electrons. The van der Waals surface area contributed by atoms with Gasteiger partial charge in [-0.1, -0.05) is 42.5 Å². The second-order valence-corrected chi connectivity index (χ2v) is 7.00. The lowest BCUT2D eigenvalue weighted by molar-refractivity contribution is 0.223. The van der Waals surface area contributed by atoms with Crippen molar-refractivity contribution in [1.29, 1.82) is 5.26 Å². The Morgan fingerprint density at radius 2 is 1.59 bits per heavy atom. The highest BCUT2D eigenvalue weighted by atomic mass is 15.2. The standard InChI is InChI=1S/C23H26N4/c1-25(2)15-16-26(18-20-9-4-3-5-10-20)19-22-12-8-14-27(22)23-13-7-6-11-21(23)17-24/h3-14H,15-16,18-19H2,1-2H3. The van der Waals surface area contributed by atoms with Crippen molar-refractivity contribution >= 4 is 0 Å². The number of hydrogen-bond donors (Lipinski definition) is 0. The Balaban J connectivity index is 1.84. The van der Waals surface area contributed by atoms with Crippen LogP contribution in [0.5, 0.6) is 0 Å². The summed E-state index contributed by atoms with van der Waals surface area (Å²) in [6, 6.07) is 24.8. The topological polar surface area (TPSA) is 35.2 Å². The average molecular weight is 358 g/mol. The Bertz CT molecular complexity index is 890. The van der Waals surface area contributed by atoms with E-state index in [9.17, 15) is 5.26 Å². The SMILES string of the molecule is CN(C)CCN(Cc1ccccc1)Cc1cccn1-c1ccccc1C#N. The molecule has 4 heteroatoms. The molecule has 1 heterocycles. The molecule has 2 aromatic carbocycles. The van der Waals surface area contributed by atoms with Crippen LogP contribution in [0.3, 0.4) is 0 Å². The highest BCUT2D eigenvalue weighted by Gasteiger charge is 2.13. The van der Waals surface area contributed by atoms with Gasteiger partial charge in [0.2, 0.25) is 0 Å². The van der Waals surface area contributed by atoms with Crippen molar-refractivity contribution in [3.63, 3.8) is 0 Å². The van der Waals surface area contributed by atoms with Crippen molar-refractivity contribution in [2.45, 2.75) is 13.1 Å². The Kier molecular flexibility index (Phi) is 6.43. The lowest BCUT2D eigenvalue weighted by atomic mass is 10.2. The monoisotopic (exact) mass is 358 g/mol. The molecule has 0 fully saturated rings. The molecule has 0 aliphatic heterocycles. The third-order valence-electron chi connectivity index (χ3n) is 4.62. The van der Waals surface area contributed by atoms with E-state index in [-0.39, 0.29) is 0 Å². The van der Waals surface area contributed by atoms with Gasteiger partial charge in [-0.25, -0.2) is 0 Å². The Morgan fingerprint density at radius 3 is 2.33 bits per heavy atom. The van der Waals surface area contributed by atoms with Crippen LogP contribution < -0.4 is 0 Å². The van der Waals surface area contributed by atoms with Gasteiger partial charge in [0.05, 0.1) is 11.3 Å². The molecule has 0 spiro atoms. The van der Waals surface area contributed by atoms with Crippen LogP contribution in [0.15, 0.2) is 72.9 Å². The molecule has 0 saturated heterocycles. The molecule has 0 radical (unpaired) electrons. The molecular formula is C23H26N4. The lowest BCUT2D eigenvalue weighted by Crippen LogP contribution is -2.31. The highest BCUT2D eigenvalue weighted by molar-refractivity contribution is 5.49. The second-order valence-electron chi connectivity index (χ2n) is 7.00. The molecule has 0 aliphatic carbocycles. The van der Waals surface area contributed by atoms with E-state index in [4.69, 9.17) is 0 Å². The molecule has 0 unspecified atom stereocenters. The van der Waals surface area contributed by atoms with Gasteiger partial charge >= 0.3 is 0 Å². The van der Waals surface area contributed by atoms with E-state index >= 15 is 0 Å². The summed E-state index contributed by atoms with van der Waals surface area (Å²) < 4.78 is 2.13. The number of benzene rings is 2. The van der Waals surface area contributed by atoms with Gasteiger partial charge in [-0.05, 0) is 43.9 Å². The number of hydrogen-bond acceptors (Lipinski definition) is 3. The van der Waals surface area contributed by atoms with Crippen LogP contribution in [-0.2, 0) is 13.1 Å². The van der Waals surface area contributed by atoms with Crippen LogP contribution in [0.25, 0.3) is 5.69 Å². The molecule has 0 amide bonds. The molecule has 27 heavy (non-hydrogen) atoms. The third-order valence-corrected chi connectivity index (χ3v) is 4.62. The van der Waals surface area contributed by atoms with Crippen molar-refractivity contribution in [3.05, 3.63) is 89.7 Å². The molecule has 4 nitrogen and oxygen atoms in total. The van der Waals surface area contributed by atoms with Crippen LogP contribution >= 0.6 is 0 Å². The predicted molar refractivity (Wildman–Crippen MR) is 110 cm³/mol. The van der Waals surface area contributed by atoms with E-state index < -0.39 is 0 Å². The van der Waals surface area contributed by atoms with Crippen LogP contribution in [-0.4, -0.2) is 41.6 Å². The minimum Gasteiger partial charge on any atom is -0.318 e. The van der Waals surface area contributed by atoms with Crippen LogP contribution in [0.4, 0.5) is 0 Å². The summed E-state index contributed by atoms with van der Waals surface area (Å²) in [4.78, 5) is 4.66. The first kappa shape index (κ1) is 18.9. The molecule has 0 saturated carbocycles. The summed E-state index contributed by atoms with van der Waals surface area (Å²) in [5.41, 5.74) is 4.13. The van der Waals surface area contributed by atoms with Crippen molar-refractivity contribution in [2.24, 2.45) is 0 Å². The van der Waals surface area contributed by atoms with Crippen molar-refractivity contribution in [2.75, 3.05) is 27.2 Å². The zero-order valence-electron chi connectivity index (χ0n) is 16.0. The summed E-state index contributed by atoms with van der Waals surface area (Å²) in [7, 11) is 4.21. The normalized spacial score (nSPS) is 11.1. The maximum atomic E-state index is 9.45. The van der Waals surface area contributed by atoms with E-state index in [0.717, 1.165) is 31.9 Å². The largest absolute Gasteiger partial charge is 0.318 e. The molecule has 0 N–H and O–H groups in total. The number of aromatic nitrogens is 1. The molecule has 1 aromatic heterocycles. The van der Waals surface area contributed by atoms with E-state index in [1.54, 1.807) is 0 Å². The Hall–Kier alpha value is -2.87. The maximum Gasteiger partial charge on any atom is 0.101 e. The van der Waals surface area contributed by atoms with Gasteiger partial charge in [0, 0.05) is 38.1 Å². The third kappa shape index (κ3) is 5.07. The van der Waals surface area contributed by atoms with Crippen LogP contribution in [0, 0.1) is 11.3 Å². The first-order chi connectivity index (χ1) is 13.2. The fourth-order valence-corrected chi connectivity index (χ4v) is 3.18. The van der Waals surface area contributed by atoms with Gasteiger partial charge in [0.15, 0.2) is 0 Å². The number of rotatable bonds is 8. The van der Waals surface area contributed by atoms with E-state index in [1.165, 1.54) is 11.3 Å². The summed E-state index contributed by atoms with van der Waals surface area (Å²) >= 11 is 0. The van der Waals surface area contributed by atoms with Crippen LogP contribution in [0.1, 0.15) is 16.8 Å². The summed E-state index contributed by atoms with van der Waals surface area (Å²) in [6.07, 6.45) is 2.04. The summed E-state index contributed by atoms with van der Waals surface area (Å²) in [5, 5.41) is 9.45. The maximum absolute atomic E-state index is 9.45. The zero-order valence-corrected chi connectivity index (χ0v) is 16.0. The number of nitriles is 1. The quantitative estimate of drug-likeness (QED) is 0.612. The van der Waals surface area contributed by atoms with Gasteiger partial charge in [-0.3, -0.25) is 4.90 Å². The predicted octanol–water partition coefficient (Wildman–Crippen LogP) is 3.91. The number of para-hydroxylation sites is 1. The van der Waals surface area contributed by atoms with Crippen LogP contribution in [0.2, 0.25) is 0 Å². The van der Waals surface area contributed by atoms with Gasteiger partial charge in [-0.2, -0.15) is 5.26 Å². The average Bonchev–Trinajstić information content (AvgIpc) is 3.14. The second kappa shape index (κ2) is 9.18. The minimum absolute atomic E-state index is 0.692. The van der Waals surface area contributed by atoms with Crippen molar-refractivity contribution < 1.29 is 0 Å². The number of nitrogens with zero attached hydrogens (tertiary/aromatic N) is 4. The Morgan fingerprint density at radius 1 is 0.852 bits per heavy atom. The van der Waals surface area contributed by atoms with Gasteiger partial charge in [0.1, 0.15) is 6.07 Å². The minimum atomic E-state index is 0.692. The lowest BCUT2D eigenvalue weighted by Gasteiger charge is -2.25. The highest BCUT2D eigenvalue weighted by Crippen LogP contribution is 2.19. The Labute approximate surface area is 161 Å². The van der Waals surface area contributed by atoms with Crippen molar-refractivity contribution in [1.82, 2.24) is 14.4 Å². The molecule has 3 aromatic rings.